The molecule has 1 atom stereocenters. The van der Waals surface area contributed by atoms with Gasteiger partial charge in [-0.2, -0.15) is 13.2 Å². The zero-order valence-corrected chi connectivity index (χ0v) is 15.0. The molecule has 0 aliphatic heterocycles. The standard InChI is InChI=1S/C18H20ClF3N2O2/c1-11(17(26)24-13-4-2-3-5-13)23-16(25)9-7-12-6-8-15(19)14(10-12)18(20,21)22/h6-11,13H,2-5H2,1H3,(H,23,25)(H,24,26)/b9-7+. The van der Waals surface area contributed by atoms with E-state index in [-0.39, 0.29) is 17.5 Å². The average molecular weight is 389 g/mol. The molecule has 26 heavy (non-hydrogen) atoms. The van der Waals surface area contributed by atoms with Crippen LogP contribution >= 0.6 is 11.6 Å². The van der Waals surface area contributed by atoms with E-state index in [1.807, 2.05) is 0 Å². The minimum absolute atomic E-state index is 0.146. The summed E-state index contributed by atoms with van der Waals surface area (Å²) in [6, 6.07) is 2.77. The van der Waals surface area contributed by atoms with Crippen molar-refractivity contribution in [1.29, 1.82) is 0 Å². The van der Waals surface area contributed by atoms with E-state index in [2.05, 4.69) is 10.6 Å². The number of halogens is 4. The van der Waals surface area contributed by atoms with Gasteiger partial charge in [0.2, 0.25) is 11.8 Å². The molecule has 1 aromatic carbocycles. The third-order valence-corrected chi connectivity index (χ3v) is 4.51. The van der Waals surface area contributed by atoms with Crippen molar-refractivity contribution in [3.8, 4) is 0 Å². The van der Waals surface area contributed by atoms with E-state index in [0.29, 0.717) is 0 Å². The van der Waals surface area contributed by atoms with Crippen molar-refractivity contribution >= 4 is 29.5 Å². The fourth-order valence-corrected chi connectivity index (χ4v) is 2.98. The zero-order chi connectivity index (χ0) is 19.3. The van der Waals surface area contributed by atoms with E-state index in [9.17, 15) is 22.8 Å². The second-order valence-electron chi connectivity index (χ2n) is 6.29. The SMILES string of the molecule is CC(NC(=O)/C=C/c1ccc(Cl)c(C(F)(F)F)c1)C(=O)NC1CCCC1. The van der Waals surface area contributed by atoms with Gasteiger partial charge in [-0.1, -0.05) is 30.5 Å². The second kappa shape index (κ2) is 8.58. The maximum atomic E-state index is 12.8. The number of hydrogen-bond acceptors (Lipinski definition) is 2. The Morgan fingerprint density at radius 3 is 2.54 bits per heavy atom. The predicted octanol–water partition coefficient (Wildman–Crippen LogP) is 3.94. The van der Waals surface area contributed by atoms with Gasteiger partial charge in [0, 0.05) is 12.1 Å². The van der Waals surface area contributed by atoms with Crippen LogP contribution in [0.4, 0.5) is 13.2 Å². The Labute approximate surface area is 154 Å². The summed E-state index contributed by atoms with van der Waals surface area (Å²) in [5.74, 6) is -0.841. The number of carbonyl (C=O) groups is 2. The first-order valence-corrected chi connectivity index (χ1v) is 8.70. The molecule has 8 heteroatoms. The number of carbonyl (C=O) groups excluding carboxylic acids is 2. The lowest BCUT2D eigenvalue weighted by Gasteiger charge is -2.17. The van der Waals surface area contributed by atoms with Gasteiger partial charge >= 0.3 is 6.18 Å². The van der Waals surface area contributed by atoms with E-state index in [4.69, 9.17) is 11.6 Å². The summed E-state index contributed by atoms with van der Waals surface area (Å²) in [7, 11) is 0. The Morgan fingerprint density at radius 2 is 1.92 bits per heavy atom. The van der Waals surface area contributed by atoms with Gasteiger partial charge in [0.15, 0.2) is 0 Å². The monoisotopic (exact) mass is 388 g/mol. The summed E-state index contributed by atoms with van der Waals surface area (Å²) in [6.07, 6.45) is 1.78. The number of rotatable bonds is 5. The first-order chi connectivity index (χ1) is 12.2. The molecule has 1 fully saturated rings. The van der Waals surface area contributed by atoms with Crippen molar-refractivity contribution in [2.24, 2.45) is 0 Å². The van der Waals surface area contributed by atoms with Gasteiger partial charge in [-0.15, -0.1) is 0 Å². The summed E-state index contributed by atoms with van der Waals surface area (Å²) in [5, 5.41) is 4.96. The van der Waals surface area contributed by atoms with Gasteiger partial charge in [-0.05, 0) is 43.5 Å². The Hall–Kier alpha value is -2.02. The summed E-state index contributed by atoms with van der Waals surface area (Å²) < 4.78 is 38.5. The van der Waals surface area contributed by atoms with Crippen LogP contribution < -0.4 is 10.6 Å². The second-order valence-corrected chi connectivity index (χ2v) is 6.70. The lowest BCUT2D eigenvalue weighted by atomic mass is 10.1. The first-order valence-electron chi connectivity index (χ1n) is 8.32. The minimum atomic E-state index is -4.57. The van der Waals surface area contributed by atoms with E-state index >= 15 is 0 Å². The van der Waals surface area contributed by atoms with E-state index in [0.717, 1.165) is 43.9 Å². The van der Waals surface area contributed by atoms with E-state index < -0.39 is 28.7 Å². The molecule has 1 aliphatic carbocycles. The third-order valence-electron chi connectivity index (χ3n) is 4.18. The highest BCUT2D eigenvalue weighted by molar-refractivity contribution is 6.31. The highest BCUT2D eigenvalue weighted by Gasteiger charge is 2.33. The largest absolute Gasteiger partial charge is 0.417 e. The minimum Gasteiger partial charge on any atom is -0.352 e. The van der Waals surface area contributed by atoms with Crippen molar-refractivity contribution in [2.45, 2.75) is 50.9 Å². The van der Waals surface area contributed by atoms with Crippen LogP contribution in [0.3, 0.4) is 0 Å². The molecule has 1 unspecified atom stereocenters. The Kier molecular flexibility index (Phi) is 6.69. The lowest BCUT2D eigenvalue weighted by Crippen LogP contribution is -2.47. The van der Waals surface area contributed by atoms with Crippen LogP contribution in [-0.4, -0.2) is 23.9 Å². The number of nitrogens with one attached hydrogen (secondary N) is 2. The zero-order valence-electron chi connectivity index (χ0n) is 14.2. The van der Waals surface area contributed by atoms with Gasteiger partial charge in [-0.3, -0.25) is 9.59 Å². The lowest BCUT2D eigenvalue weighted by molar-refractivity contribution is -0.137. The summed E-state index contributed by atoms with van der Waals surface area (Å²) in [5.41, 5.74) is -0.786. The van der Waals surface area contributed by atoms with Crippen LogP contribution in [-0.2, 0) is 15.8 Å². The average Bonchev–Trinajstić information content (AvgIpc) is 3.05. The Morgan fingerprint density at radius 1 is 1.27 bits per heavy atom. The first kappa shape index (κ1) is 20.3. The molecule has 0 radical (unpaired) electrons. The Balaban J connectivity index is 1.93. The smallest absolute Gasteiger partial charge is 0.352 e. The highest BCUT2D eigenvalue weighted by Crippen LogP contribution is 2.35. The van der Waals surface area contributed by atoms with Crippen LogP contribution in [0.1, 0.15) is 43.7 Å². The molecule has 0 saturated heterocycles. The van der Waals surface area contributed by atoms with Crippen LogP contribution in [0.15, 0.2) is 24.3 Å². The molecule has 142 valence electrons. The van der Waals surface area contributed by atoms with Crippen molar-refractivity contribution in [1.82, 2.24) is 10.6 Å². The van der Waals surface area contributed by atoms with Crippen LogP contribution in [0.2, 0.25) is 5.02 Å². The summed E-state index contributed by atoms with van der Waals surface area (Å²) >= 11 is 5.55. The summed E-state index contributed by atoms with van der Waals surface area (Å²) in [4.78, 5) is 23.9. The molecule has 1 aliphatic rings. The van der Waals surface area contributed by atoms with Crippen LogP contribution in [0.5, 0.6) is 0 Å². The highest BCUT2D eigenvalue weighted by atomic mass is 35.5. The molecule has 0 bridgehead atoms. The van der Waals surface area contributed by atoms with Crippen LogP contribution in [0.25, 0.3) is 6.08 Å². The maximum Gasteiger partial charge on any atom is 0.417 e. The molecule has 2 rings (SSSR count). The fraction of sp³-hybridized carbons (Fsp3) is 0.444. The molecule has 2 amide bonds. The van der Waals surface area contributed by atoms with Crippen molar-refractivity contribution in [2.75, 3.05) is 0 Å². The number of alkyl halides is 3. The molecular weight excluding hydrogens is 369 g/mol. The van der Waals surface area contributed by atoms with Crippen molar-refractivity contribution in [3.63, 3.8) is 0 Å². The molecule has 1 saturated carbocycles. The normalized spacial score (nSPS) is 16.7. The molecule has 0 spiro atoms. The molecule has 0 heterocycles. The Bertz CT molecular complexity index is 698. The van der Waals surface area contributed by atoms with Gasteiger partial charge in [0.05, 0.1) is 10.6 Å². The molecule has 4 nitrogen and oxygen atoms in total. The van der Waals surface area contributed by atoms with Crippen molar-refractivity contribution in [3.05, 3.63) is 40.4 Å². The van der Waals surface area contributed by atoms with Gasteiger partial charge in [0.25, 0.3) is 0 Å². The third kappa shape index (κ3) is 5.76. The predicted molar refractivity (Wildman–Crippen MR) is 93.5 cm³/mol. The fourth-order valence-electron chi connectivity index (χ4n) is 2.76. The van der Waals surface area contributed by atoms with Crippen molar-refractivity contribution < 1.29 is 22.8 Å². The van der Waals surface area contributed by atoms with E-state index in [1.165, 1.54) is 12.1 Å². The molecule has 2 N–H and O–H groups in total. The molecule has 1 aromatic rings. The topological polar surface area (TPSA) is 58.2 Å². The van der Waals surface area contributed by atoms with Gasteiger partial charge in [-0.25, -0.2) is 0 Å². The van der Waals surface area contributed by atoms with Crippen LogP contribution in [0, 0.1) is 0 Å². The number of amides is 2. The summed E-state index contributed by atoms with van der Waals surface area (Å²) in [6.45, 7) is 1.56. The number of hydrogen-bond donors (Lipinski definition) is 2. The quantitative estimate of drug-likeness (QED) is 0.751. The molecule has 0 aromatic heterocycles. The van der Waals surface area contributed by atoms with Gasteiger partial charge < -0.3 is 10.6 Å². The maximum absolute atomic E-state index is 12.8. The number of benzene rings is 1. The van der Waals surface area contributed by atoms with Gasteiger partial charge in [0.1, 0.15) is 6.04 Å². The van der Waals surface area contributed by atoms with E-state index in [1.54, 1.807) is 6.92 Å². The molecular formula is C18H20ClF3N2O2.